The van der Waals surface area contributed by atoms with Crippen LogP contribution in [0.4, 0.5) is 11.4 Å². The van der Waals surface area contributed by atoms with E-state index < -0.39 is 23.8 Å². The lowest BCUT2D eigenvalue weighted by molar-refractivity contribution is -0.136. The highest BCUT2D eigenvalue weighted by Crippen LogP contribution is 2.44. The summed E-state index contributed by atoms with van der Waals surface area (Å²) in [7, 11) is 0. The Labute approximate surface area is 354 Å². The van der Waals surface area contributed by atoms with Crippen molar-refractivity contribution in [2.75, 3.05) is 49.1 Å². The summed E-state index contributed by atoms with van der Waals surface area (Å²) < 4.78 is 6.28. The van der Waals surface area contributed by atoms with Gasteiger partial charge in [0, 0.05) is 92.0 Å². The second kappa shape index (κ2) is 15.2. The quantitative estimate of drug-likeness (QED) is 0.308. The van der Waals surface area contributed by atoms with Gasteiger partial charge in [0.1, 0.15) is 24.0 Å². The maximum Gasteiger partial charge on any atom is 0.262 e. The molecule has 60 heavy (non-hydrogen) atoms. The van der Waals surface area contributed by atoms with Gasteiger partial charge in [0.05, 0.1) is 21.7 Å². The van der Waals surface area contributed by atoms with Gasteiger partial charge in [0.2, 0.25) is 11.8 Å². The molecule has 10 rings (SSSR count). The van der Waals surface area contributed by atoms with Crippen molar-refractivity contribution < 1.29 is 28.7 Å². The smallest absolute Gasteiger partial charge is 0.262 e. The van der Waals surface area contributed by atoms with Crippen LogP contribution in [0.5, 0.6) is 5.75 Å². The first-order valence-corrected chi connectivity index (χ1v) is 21.8. The highest BCUT2D eigenvalue weighted by molar-refractivity contribution is 6.31. The summed E-state index contributed by atoms with van der Waals surface area (Å²) >= 11 is 6.23. The summed E-state index contributed by atoms with van der Waals surface area (Å²) in [5, 5.41) is 11.8. The zero-order valence-corrected chi connectivity index (χ0v) is 34.2. The van der Waals surface area contributed by atoms with Gasteiger partial charge in [0.15, 0.2) is 0 Å². The molecule has 7 aliphatic heterocycles. The molecule has 3 aromatic rings. The summed E-state index contributed by atoms with van der Waals surface area (Å²) in [5.74, 6) is -1.17. The highest BCUT2D eigenvalue weighted by atomic mass is 35.5. The summed E-state index contributed by atoms with van der Waals surface area (Å²) in [5.41, 5.74) is 4.21. The molecule has 7 heterocycles. The number of benzene rings is 3. The Morgan fingerprint density at radius 3 is 2.12 bits per heavy atom. The minimum atomic E-state index is -0.966. The number of amides is 5. The third kappa shape index (κ3) is 6.87. The average molecular weight is 830 g/mol. The summed E-state index contributed by atoms with van der Waals surface area (Å²) in [6.07, 6.45) is 8.16. The Kier molecular flexibility index (Phi) is 9.83. The number of hydrogen-bond acceptors (Lipinski definition) is 10. The number of nitrogens with one attached hydrogen (secondary N) is 1. The van der Waals surface area contributed by atoms with E-state index in [0.717, 1.165) is 93.9 Å². The van der Waals surface area contributed by atoms with Crippen molar-refractivity contribution in [3.63, 3.8) is 0 Å². The SMILES string of the molecule is N#Cc1ccc(OC2CC3CCC(C2)N3C(=O)c2ccc(N3CC4(CCN(C5CCN(c6ccc7c(c6)C(=O)N(C6CCC(=O)NC6=O)C7=O)CC5)CC4)C3)cc2)cc1Cl. The van der Waals surface area contributed by atoms with E-state index in [1.54, 1.807) is 30.3 Å². The molecular formula is C46H48ClN7O6. The Hall–Kier alpha value is -5.45. The third-order valence-corrected chi connectivity index (χ3v) is 14.8. The zero-order valence-electron chi connectivity index (χ0n) is 33.5. The van der Waals surface area contributed by atoms with Gasteiger partial charge in [-0.25, -0.2) is 0 Å². The number of carbonyl (C=O) groups excluding carboxylic acids is 5. The van der Waals surface area contributed by atoms with Crippen LogP contribution in [0, 0.1) is 16.7 Å². The van der Waals surface area contributed by atoms with Crippen LogP contribution in [0.15, 0.2) is 60.7 Å². The van der Waals surface area contributed by atoms with E-state index in [2.05, 4.69) is 43.1 Å². The molecule has 310 valence electrons. The number of nitrogens with zero attached hydrogens (tertiary/aromatic N) is 6. The average Bonchev–Trinajstić information content (AvgIpc) is 3.66. The highest BCUT2D eigenvalue weighted by Gasteiger charge is 2.48. The standard InChI is InChI=1S/C46H48ClN7O6/c47-39-24-35(9-3-29(39)25-48)60-36-21-33-6-7-34(22-36)53(33)43(57)28-1-4-30(5-2-28)52-26-46(27-52)15-19-51(20-16-46)31-13-17-50(18-14-31)32-8-10-37-38(23-32)45(59)54(44(37)58)40-11-12-41(55)49-42(40)56/h1-5,8-10,23-24,31,33-34,36,40H,6-7,11-22,26-27H2,(H,49,55,56). The van der Waals surface area contributed by atoms with E-state index in [1.165, 1.54) is 18.5 Å². The van der Waals surface area contributed by atoms with Crippen molar-refractivity contribution in [1.82, 2.24) is 20.0 Å². The number of halogens is 1. The van der Waals surface area contributed by atoms with Gasteiger partial charge in [-0.3, -0.25) is 34.2 Å². The van der Waals surface area contributed by atoms with Crippen molar-refractivity contribution in [1.29, 1.82) is 5.26 Å². The molecule has 3 unspecified atom stereocenters. The summed E-state index contributed by atoms with van der Waals surface area (Å²) in [6.45, 7) is 5.97. The molecule has 7 aliphatic rings. The predicted octanol–water partition coefficient (Wildman–Crippen LogP) is 5.40. The molecule has 0 aliphatic carbocycles. The van der Waals surface area contributed by atoms with Crippen LogP contribution in [0.3, 0.4) is 0 Å². The molecule has 0 aromatic heterocycles. The van der Waals surface area contributed by atoms with Gasteiger partial charge < -0.3 is 24.3 Å². The van der Waals surface area contributed by atoms with Crippen molar-refractivity contribution in [3.05, 3.63) is 87.9 Å². The molecule has 0 saturated carbocycles. The Morgan fingerprint density at radius 2 is 1.45 bits per heavy atom. The van der Waals surface area contributed by atoms with Crippen LogP contribution < -0.4 is 19.9 Å². The molecule has 5 amide bonds. The number of likely N-dealkylation sites (tertiary alicyclic amines) is 1. The molecule has 3 atom stereocenters. The topological polar surface area (TPSA) is 147 Å². The third-order valence-electron chi connectivity index (χ3n) is 14.4. The number of anilines is 2. The second-order valence-electron chi connectivity index (χ2n) is 17.9. The maximum atomic E-state index is 13.8. The Morgan fingerprint density at radius 1 is 0.767 bits per heavy atom. The number of hydrogen-bond donors (Lipinski definition) is 1. The Balaban J connectivity index is 0.682. The van der Waals surface area contributed by atoms with Crippen molar-refractivity contribution in [2.45, 2.75) is 94.5 Å². The number of ether oxygens (including phenoxy) is 1. The predicted molar refractivity (Wildman–Crippen MR) is 223 cm³/mol. The molecule has 14 heteroatoms. The Bertz CT molecular complexity index is 2290. The lowest BCUT2D eigenvalue weighted by Gasteiger charge is -2.56. The van der Waals surface area contributed by atoms with Crippen LogP contribution >= 0.6 is 11.6 Å². The number of nitriles is 1. The van der Waals surface area contributed by atoms with Gasteiger partial charge in [-0.2, -0.15) is 5.26 Å². The molecule has 0 radical (unpaired) electrons. The van der Waals surface area contributed by atoms with Gasteiger partial charge in [-0.15, -0.1) is 0 Å². The molecule has 1 spiro atoms. The number of piperidine rings is 4. The van der Waals surface area contributed by atoms with E-state index in [9.17, 15) is 29.2 Å². The number of fused-ring (bicyclic) bond motifs is 3. The van der Waals surface area contributed by atoms with Crippen LogP contribution in [0.2, 0.25) is 5.02 Å². The number of imide groups is 2. The molecule has 2 bridgehead atoms. The molecule has 3 aromatic carbocycles. The van der Waals surface area contributed by atoms with Gasteiger partial charge in [-0.1, -0.05) is 11.6 Å². The fraction of sp³-hybridized carbons (Fsp3) is 0.478. The van der Waals surface area contributed by atoms with Crippen LogP contribution in [0.1, 0.15) is 101 Å². The fourth-order valence-electron chi connectivity index (χ4n) is 11.1. The van der Waals surface area contributed by atoms with E-state index in [4.69, 9.17) is 16.3 Å². The van der Waals surface area contributed by atoms with E-state index in [0.29, 0.717) is 38.9 Å². The number of rotatable bonds is 7. The monoisotopic (exact) mass is 829 g/mol. The first-order valence-electron chi connectivity index (χ1n) is 21.4. The minimum absolute atomic E-state index is 0.00532. The number of carbonyl (C=O) groups is 5. The first kappa shape index (κ1) is 38.7. The molecule has 1 N–H and O–H groups in total. The normalized spacial score (nSPS) is 26.5. The van der Waals surface area contributed by atoms with E-state index in [-0.39, 0.29) is 42.8 Å². The van der Waals surface area contributed by atoms with Crippen LogP contribution in [-0.4, -0.2) is 114 Å². The molecule has 13 nitrogen and oxygen atoms in total. The minimum Gasteiger partial charge on any atom is -0.490 e. The van der Waals surface area contributed by atoms with E-state index >= 15 is 0 Å². The van der Waals surface area contributed by atoms with Crippen molar-refractivity contribution in [3.8, 4) is 11.8 Å². The van der Waals surface area contributed by atoms with Gasteiger partial charge in [-0.05, 0) is 113 Å². The molecule has 6 saturated heterocycles. The van der Waals surface area contributed by atoms with Crippen LogP contribution in [-0.2, 0) is 9.59 Å². The largest absolute Gasteiger partial charge is 0.490 e. The van der Waals surface area contributed by atoms with E-state index in [1.807, 2.05) is 18.2 Å². The van der Waals surface area contributed by atoms with Gasteiger partial charge in [0.25, 0.3) is 17.7 Å². The summed E-state index contributed by atoms with van der Waals surface area (Å²) in [6, 6.07) is 20.7. The zero-order chi connectivity index (χ0) is 41.3. The lowest BCUT2D eigenvalue weighted by Crippen LogP contribution is -2.61. The summed E-state index contributed by atoms with van der Waals surface area (Å²) in [4.78, 5) is 75.0. The van der Waals surface area contributed by atoms with Crippen LogP contribution in [0.25, 0.3) is 0 Å². The maximum absolute atomic E-state index is 13.8. The molecular weight excluding hydrogens is 782 g/mol. The first-order chi connectivity index (χ1) is 29.1. The second-order valence-corrected chi connectivity index (χ2v) is 18.3. The fourth-order valence-corrected chi connectivity index (χ4v) is 11.4. The molecule has 6 fully saturated rings. The lowest BCUT2D eigenvalue weighted by atomic mass is 9.71. The van der Waals surface area contributed by atoms with Gasteiger partial charge >= 0.3 is 0 Å². The van der Waals surface area contributed by atoms with Crippen molar-refractivity contribution in [2.24, 2.45) is 5.41 Å². The van der Waals surface area contributed by atoms with Crippen molar-refractivity contribution >= 4 is 52.5 Å².